The largest absolute Gasteiger partial charge is 0.444 e. The standard InChI is InChI=1S/C25H27N3O3/c26-16-7-17-28(24(29)22-10-5-2-6-11-22)18-20-12-14-23(15-13-20)27-25(30)31-19-21-8-3-1-4-9-21/h1-6,8-15H,7,16-19,26H2,(H,27,30). The van der Waals surface area contributed by atoms with E-state index in [9.17, 15) is 9.59 Å². The molecule has 160 valence electrons. The van der Waals surface area contributed by atoms with Gasteiger partial charge in [-0.05, 0) is 48.4 Å². The Labute approximate surface area is 182 Å². The molecule has 0 aliphatic heterocycles. The molecular formula is C25H27N3O3. The molecule has 0 aromatic heterocycles. The van der Waals surface area contributed by atoms with Crippen LogP contribution >= 0.6 is 0 Å². The van der Waals surface area contributed by atoms with Crippen LogP contribution in [0.1, 0.15) is 27.9 Å². The zero-order valence-corrected chi connectivity index (χ0v) is 17.4. The second kappa shape index (κ2) is 11.5. The second-order valence-electron chi connectivity index (χ2n) is 7.12. The molecule has 0 radical (unpaired) electrons. The molecule has 0 aliphatic carbocycles. The molecule has 0 atom stereocenters. The van der Waals surface area contributed by atoms with E-state index in [0.717, 1.165) is 17.5 Å². The molecule has 31 heavy (non-hydrogen) atoms. The summed E-state index contributed by atoms with van der Waals surface area (Å²) in [7, 11) is 0. The summed E-state index contributed by atoms with van der Waals surface area (Å²) in [6.45, 7) is 1.78. The fraction of sp³-hybridized carbons (Fsp3) is 0.200. The first-order valence-corrected chi connectivity index (χ1v) is 10.3. The minimum absolute atomic E-state index is 0.0271. The van der Waals surface area contributed by atoms with Crippen LogP contribution in [0, 0.1) is 0 Å². The maximum absolute atomic E-state index is 12.9. The van der Waals surface area contributed by atoms with Gasteiger partial charge in [0, 0.05) is 24.3 Å². The lowest BCUT2D eigenvalue weighted by atomic mass is 10.1. The highest BCUT2D eigenvalue weighted by Crippen LogP contribution is 2.15. The minimum Gasteiger partial charge on any atom is -0.444 e. The number of benzene rings is 3. The quantitative estimate of drug-likeness (QED) is 0.540. The molecule has 6 nitrogen and oxygen atoms in total. The SMILES string of the molecule is NCCCN(Cc1ccc(NC(=O)OCc2ccccc2)cc1)C(=O)c1ccccc1. The summed E-state index contributed by atoms with van der Waals surface area (Å²) in [4.78, 5) is 26.7. The Morgan fingerprint density at radius 2 is 1.48 bits per heavy atom. The first-order chi connectivity index (χ1) is 15.2. The first kappa shape index (κ1) is 22.1. The van der Waals surface area contributed by atoms with Gasteiger partial charge in [0.2, 0.25) is 0 Å². The van der Waals surface area contributed by atoms with Crippen molar-refractivity contribution in [3.63, 3.8) is 0 Å². The van der Waals surface area contributed by atoms with Crippen molar-refractivity contribution in [2.45, 2.75) is 19.6 Å². The molecule has 0 saturated carbocycles. The van der Waals surface area contributed by atoms with Gasteiger partial charge in [-0.15, -0.1) is 0 Å². The molecule has 3 N–H and O–H groups in total. The molecule has 0 saturated heterocycles. The number of ether oxygens (including phenoxy) is 1. The van der Waals surface area contributed by atoms with Crippen molar-refractivity contribution in [1.29, 1.82) is 0 Å². The molecule has 6 heteroatoms. The molecule has 3 aromatic rings. The molecule has 0 heterocycles. The monoisotopic (exact) mass is 417 g/mol. The van der Waals surface area contributed by atoms with E-state index in [0.29, 0.717) is 30.9 Å². The van der Waals surface area contributed by atoms with Crippen molar-refractivity contribution >= 4 is 17.7 Å². The molecule has 0 bridgehead atoms. The molecule has 0 aliphatic rings. The normalized spacial score (nSPS) is 10.4. The van der Waals surface area contributed by atoms with Gasteiger partial charge in [-0.3, -0.25) is 10.1 Å². The number of hydrogen-bond donors (Lipinski definition) is 2. The third kappa shape index (κ3) is 6.97. The molecule has 2 amide bonds. The van der Waals surface area contributed by atoms with Crippen LogP contribution in [-0.4, -0.2) is 30.0 Å². The van der Waals surface area contributed by atoms with Crippen LogP contribution in [0.25, 0.3) is 0 Å². The van der Waals surface area contributed by atoms with Crippen LogP contribution in [0.2, 0.25) is 0 Å². The van der Waals surface area contributed by atoms with Gasteiger partial charge in [0.05, 0.1) is 0 Å². The maximum Gasteiger partial charge on any atom is 0.411 e. The highest BCUT2D eigenvalue weighted by molar-refractivity contribution is 5.94. The van der Waals surface area contributed by atoms with Gasteiger partial charge in [0.25, 0.3) is 5.91 Å². The average Bonchev–Trinajstić information content (AvgIpc) is 2.82. The Balaban J connectivity index is 1.57. The Kier molecular flexibility index (Phi) is 8.20. The van der Waals surface area contributed by atoms with Crippen molar-refractivity contribution in [1.82, 2.24) is 4.90 Å². The Morgan fingerprint density at radius 3 is 2.13 bits per heavy atom. The predicted octanol–water partition coefficient (Wildman–Crippen LogP) is 4.43. The molecule has 0 unspecified atom stereocenters. The highest BCUT2D eigenvalue weighted by atomic mass is 16.5. The van der Waals surface area contributed by atoms with E-state index in [1.54, 1.807) is 17.0 Å². The third-order valence-corrected chi connectivity index (χ3v) is 4.73. The van der Waals surface area contributed by atoms with Gasteiger partial charge in [-0.25, -0.2) is 4.79 Å². The Hall–Kier alpha value is -3.64. The smallest absolute Gasteiger partial charge is 0.411 e. The lowest BCUT2D eigenvalue weighted by Crippen LogP contribution is -2.32. The van der Waals surface area contributed by atoms with E-state index in [1.165, 1.54) is 0 Å². The summed E-state index contributed by atoms with van der Waals surface area (Å²) in [6.07, 6.45) is 0.214. The summed E-state index contributed by atoms with van der Waals surface area (Å²) < 4.78 is 5.24. The number of nitrogens with two attached hydrogens (primary N) is 1. The minimum atomic E-state index is -0.513. The predicted molar refractivity (Wildman–Crippen MR) is 122 cm³/mol. The average molecular weight is 418 g/mol. The van der Waals surface area contributed by atoms with Gasteiger partial charge in [0.15, 0.2) is 0 Å². The van der Waals surface area contributed by atoms with E-state index < -0.39 is 6.09 Å². The maximum atomic E-state index is 12.9. The van der Waals surface area contributed by atoms with Crippen molar-refractivity contribution in [2.24, 2.45) is 5.73 Å². The van der Waals surface area contributed by atoms with Gasteiger partial charge in [0.1, 0.15) is 6.61 Å². The number of carbonyl (C=O) groups excluding carboxylic acids is 2. The van der Waals surface area contributed by atoms with Crippen molar-refractivity contribution in [2.75, 3.05) is 18.4 Å². The van der Waals surface area contributed by atoms with Crippen LogP contribution in [0.15, 0.2) is 84.9 Å². The molecule has 3 rings (SSSR count). The summed E-state index contributed by atoms with van der Waals surface area (Å²) in [5.74, 6) is -0.0271. The van der Waals surface area contributed by atoms with Crippen molar-refractivity contribution in [3.05, 3.63) is 102 Å². The summed E-state index contributed by atoms with van der Waals surface area (Å²) >= 11 is 0. The van der Waals surface area contributed by atoms with Crippen LogP contribution in [0.3, 0.4) is 0 Å². The van der Waals surface area contributed by atoms with Crippen molar-refractivity contribution < 1.29 is 14.3 Å². The zero-order valence-electron chi connectivity index (χ0n) is 17.4. The fourth-order valence-corrected chi connectivity index (χ4v) is 3.09. The van der Waals surface area contributed by atoms with Crippen molar-refractivity contribution in [3.8, 4) is 0 Å². The zero-order chi connectivity index (χ0) is 21.9. The van der Waals surface area contributed by atoms with Crippen LogP contribution in [-0.2, 0) is 17.9 Å². The van der Waals surface area contributed by atoms with E-state index in [1.807, 2.05) is 72.8 Å². The van der Waals surface area contributed by atoms with Crippen LogP contribution < -0.4 is 11.1 Å². The van der Waals surface area contributed by atoms with Crippen LogP contribution in [0.5, 0.6) is 0 Å². The lowest BCUT2D eigenvalue weighted by Gasteiger charge is -2.23. The first-order valence-electron chi connectivity index (χ1n) is 10.3. The number of nitrogens with one attached hydrogen (secondary N) is 1. The number of nitrogens with zero attached hydrogens (tertiary/aromatic N) is 1. The summed E-state index contributed by atoms with van der Waals surface area (Å²) in [5, 5.41) is 2.72. The molecule has 3 aromatic carbocycles. The number of carbonyl (C=O) groups is 2. The van der Waals surface area contributed by atoms with E-state index in [4.69, 9.17) is 10.5 Å². The highest BCUT2D eigenvalue weighted by Gasteiger charge is 2.15. The summed E-state index contributed by atoms with van der Waals surface area (Å²) in [6, 6.07) is 26.1. The molecule has 0 fully saturated rings. The van der Waals surface area contributed by atoms with Gasteiger partial charge in [-0.2, -0.15) is 0 Å². The van der Waals surface area contributed by atoms with Gasteiger partial charge < -0.3 is 15.4 Å². The van der Waals surface area contributed by atoms with Gasteiger partial charge in [-0.1, -0.05) is 60.7 Å². The third-order valence-electron chi connectivity index (χ3n) is 4.73. The summed E-state index contributed by atoms with van der Waals surface area (Å²) in [5.41, 5.74) is 8.82. The Morgan fingerprint density at radius 1 is 0.839 bits per heavy atom. The lowest BCUT2D eigenvalue weighted by molar-refractivity contribution is 0.0742. The van der Waals surface area contributed by atoms with Gasteiger partial charge >= 0.3 is 6.09 Å². The molecule has 0 spiro atoms. The van der Waals surface area contributed by atoms with E-state index in [2.05, 4.69) is 5.32 Å². The van der Waals surface area contributed by atoms with Crippen LogP contribution in [0.4, 0.5) is 10.5 Å². The number of rotatable bonds is 9. The fourth-order valence-electron chi connectivity index (χ4n) is 3.09. The number of anilines is 1. The second-order valence-corrected chi connectivity index (χ2v) is 7.12. The number of amides is 2. The topological polar surface area (TPSA) is 84.7 Å². The van der Waals surface area contributed by atoms with E-state index in [-0.39, 0.29) is 12.5 Å². The Bertz CT molecular complexity index is 960. The van der Waals surface area contributed by atoms with E-state index >= 15 is 0 Å². The number of hydrogen-bond acceptors (Lipinski definition) is 4. The molecular weight excluding hydrogens is 390 g/mol.